The van der Waals surface area contributed by atoms with E-state index in [9.17, 15) is 9.59 Å². The van der Waals surface area contributed by atoms with Crippen molar-refractivity contribution in [2.45, 2.75) is 31.4 Å². The summed E-state index contributed by atoms with van der Waals surface area (Å²) in [6.07, 6.45) is 6.81. The van der Waals surface area contributed by atoms with Gasteiger partial charge in [0.15, 0.2) is 0 Å². The molecule has 2 amide bonds. The van der Waals surface area contributed by atoms with E-state index >= 15 is 0 Å². The first-order valence-electron chi connectivity index (χ1n) is 9.15. The first-order chi connectivity index (χ1) is 13.4. The van der Waals surface area contributed by atoms with Gasteiger partial charge in [0.05, 0.1) is 5.71 Å². The van der Waals surface area contributed by atoms with Gasteiger partial charge in [-0.1, -0.05) is 30.3 Å². The predicted molar refractivity (Wildman–Crippen MR) is 106 cm³/mol. The molecule has 7 nitrogen and oxygen atoms in total. The highest BCUT2D eigenvalue weighted by atomic mass is 16.5. The van der Waals surface area contributed by atoms with E-state index in [2.05, 4.69) is 10.6 Å². The molecule has 5 N–H and O–H groups in total. The Labute approximate surface area is 163 Å². The van der Waals surface area contributed by atoms with Gasteiger partial charge in [-0.3, -0.25) is 9.59 Å². The maximum Gasteiger partial charge on any atom is 0.268 e. The van der Waals surface area contributed by atoms with Crippen molar-refractivity contribution in [1.82, 2.24) is 10.6 Å². The number of carbonyl (C=O) groups excluding carboxylic acids is 2. The lowest BCUT2D eigenvalue weighted by Crippen LogP contribution is -2.62. The van der Waals surface area contributed by atoms with E-state index < -0.39 is 17.4 Å². The molecule has 0 radical (unpaired) electrons. The maximum absolute atomic E-state index is 12.8. The zero-order chi connectivity index (χ0) is 20.1. The molecule has 1 saturated carbocycles. The molecule has 0 aromatic heterocycles. The Kier molecular flexibility index (Phi) is 5.63. The van der Waals surface area contributed by atoms with Crippen molar-refractivity contribution in [2.75, 3.05) is 7.05 Å². The number of amides is 2. The van der Waals surface area contributed by atoms with Gasteiger partial charge in [-0.2, -0.15) is 0 Å². The van der Waals surface area contributed by atoms with Crippen LogP contribution in [-0.2, 0) is 20.9 Å². The molecule has 2 aliphatic rings. The molecule has 28 heavy (non-hydrogen) atoms. The summed E-state index contributed by atoms with van der Waals surface area (Å²) in [5, 5.41) is 13.8. The van der Waals surface area contributed by atoms with Crippen LogP contribution in [0.1, 0.15) is 24.8 Å². The van der Waals surface area contributed by atoms with Crippen LogP contribution in [0.5, 0.6) is 0 Å². The van der Waals surface area contributed by atoms with Gasteiger partial charge in [-0.05, 0) is 43.1 Å². The average molecular weight is 380 g/mol. The van der Waals surface area contributed by atoms with Crippen LogP contribution < -0.4 is 16.4 Å². The number of primary amides is 1. The van der Waals surface area contributed by atoms with E-state index in [1.54, 1.807) is 25.3 Å². The van der Waals surface area contributed by atoms with Crippen molar-refractivity contribution in [1.29, 1.82) is 5.41 Å². The van der Waals surface area contributed by atoms with E-state index in [1.807, 2.05) is 30.3 Å². The Hall–Kier alpha value is -3.35. The number of rotatable bonds is 7. The van der Waals surface area contributed by atoms with Crippen LogP contribution >= 0.6 is 0 Å². The predicted octanol–water partition coefficient (Wildman–Crippen LogP) is 1.67. The third kappa shape index (κ3) is 3.98. The molecule has 2 aliphatic carbocycles. The first-order valence-corrected chi connectivity index (χ1v) is 9.15. The molecule has 1 aromatic rings. The minimum absolute atomic E-state index is 0.174. The number of nitrogens with two attached hydrogens (primary N) is 1. The molecule has 146 valence electrons. The average Bonchev–Trinajstić information content (AvgIpc) is 2.66. The number of ether oxygens (including phenoxy) is 1. The highest BCUT2D eigenvalue weighted by Crippen LogP contribution is 2.32. The number of hydrogen-bond acceptors (Lipinski definition) is 5. The summed E-state index contributed by atoms with van der Waals surface area (Å²) in [6, 6.07) is 9.72. The lowest BCUT2D eigenvalue weighted by Gasteiger charge is -2.39. The van der Waals surface area contributed by atoms with E-state index in [-0.39, 0.29) is 11.4 Å². The molecular formula is C21H24N4O3. The molecule has 0 spiro atoms. The van der Waals surface area contributed by atoms with Gasteiger partial charge in [-0.15, -0.1) is 0 Å². The van der Waals surface area contributed by atoms with E-state index in [0.717, 1.165) is 12.0 Å². The van der Waals surface area contributed by atoms with Crippen LogP contribution in [0.3, 0.4) is 0 Å². The summed E-state index contributed by atoms with van der Waals surface area (Å²) < 4.78 is 5.80. The van der Waals surface area contributed by atoms with E-state index in [1.165, 1.54) is 0 Å². The third-order valence-electron chi connectivity index (χ3n) is 5.02. The van der Waals surface area contributed by atoms with Crippen molar-refractivity contribution in [3.05, 3.63) is 71.2 Å². The van der Waals surface area contributed by atoms with Gasteiger partial charge in [0.1, 0.15) is 23.6 Å². The number of carbonyl (C=O) groups is 2. The number of likely N-dealkylation sites (N-methyl/N-ethyl adjacent to an activating group) is 1. The van der Waals surface area contributed by atoms with Crippen LogP contribution in [0.2, 0.25) is 0 Å². The van der Waals surface area contributed by atoms with Crippen molar-refractivity contribution in [3.8, 4) is 0 Å². The lowest BCUT2D eigenvalue weighted by atomic mass is 9.76. The summed E-state index contributed by atoms with van der Waals surface area (Å²) in [7, 11) is 1.60. The maximum atomic E-state index is 12.8. The zero-order valence-corrected chi connectivity index (χ0v) is 15.7. The fraction of sp³-hybridized carbons (Fsp3) is 0.286. The summed E-state index contributed by atoms with van der Waals surface area (Å²) in [5.74, 6) is -0.452. The number of hydrogen-bond donors (Lipinski definition) is 4. The molecule has 0 aliphatic heterocycles. The van der Waals surface area contributed by atoms with Gasteiger partial charge in [0, 0.05) is 12.6 Å². The Bertz CT molecular complexity index is 880. The second-order valence-corrected chi connectivity index (χ2v) is 6.86. The Morgan fingerprint density at radius 1 is 1.21 bits per heavy atom. The molecule has 0 unspecified atom stereocenters. The van der Waals surface area contributed by atoms with E-state index in [0.29, 0.717) is 30.8 Å². The van der Waals surface area contributed by atoms with Crippen molar-refractivity contribution >= 4 is 17.5 Å². The summed E-state index contributed by atoms with van der Waals surface area (Å²) in [6.45, 7) is 0.378. The summed E-state index contributed by atoms with van der Waals surface area (Å²) in [5.41, 5.74) is 6.25. The lowest BCUT2D eigenvalue weighted by molar-refractivity contribution is -0.133. The van der Waals surface area contributed by atoms with Crippen molar-refractivity contribution < 1.29 is 14.3 Å². The van der Waals surface area contributed by atoms with Crippen LogP contribution in [0, 0.1) is 5.41 Å². The van der Waals surface area contributed by atoms with Gasteiger partial charge in [-0.25, -0.2) is 0 Å². The van der Waals surface area contributed by atoms with Crippen LogP contribution in [0.25, 0.3) is 0 Å². The molecular weight excluding hydrogens is 356 g/mol. The second-order valence-electron chi connectivity index (χ2n) is 6.86. The number of allylic oxidation sites excluding steroid dienone is 4. The second kappa shape index (κ2) is 8.12. The highest BCUT2D eigenvalue weighted by Gasteiger charge is 2.44. The Morgan fingerprint density at radius 2 is 1.93 bits per heavy atom. The molecule has 7 heteroatoms. The molecule has 1 aromatic carbocycles. The molecule has 0 saturated heterocycles. The number of benzene rings is 1. The molecule has 0 heterocycles. The minimum Gasteiger partial charge on any atom is -0.489 e. The largest absolute Gasteiger partial charge is 0.489 e. The van der Waals surface area contributed by atoms with Gasteiger partial charge in [0.25, 0.3) is 5.91 Å². The molecule has 1 fully saturated rings. The molecule has 3 rings (SSSR count). The monoisotopic (exact) mass is 380 g/mol. The Morgan fingerprint density at radius 3 is 2.50 bits per heavy atom. The zero-order valence-electron chi connectivity index (χ0n) is 15.7. The SMILES string of the molecule is CN/C(C(=O)NC1(C(N)=O)CCC1)=C1/C=C(OCc2ccccc2)C=CC1=N. The fourth-order valence-electron chi connectivity index (χ4n) is 3.17. The molecule has 0 atom stereocenters. The van der Waals surface area contributed by atoms with Gasteiger partial charge >= 0.3 is 0 Å². The van der Waals surface area contributed by atoms with Gasteiger partial charge < -0.3 is 26.5 Å². The van der Waals surface area contributed by atoms with Crippen molar-refractivity contribution in [2.24, 2.45) is 5.73 Å². The molecule has 0 bridgehead atoms. The van der Waals surface area contributed by atoms with Crippen LogP contribution in [-0.4, -0.2) is 30.1 Å². The topological polar surface area (TPSA) is 117 Å². The Balaban J connectivity index is 1.80. The van der Waals surface area contributed by atoms with E-state index in [4.69, 9.17) is 15.9 Å². The summed E-state index contributed by atoms with van der Waals surface area (Å²) >= 11 is 0. The normalized spacial score (nSPS) is 19.2. The van der Waals surface area contributed by atoms with Crippen LogP contribution in [0.15, 0.2) is 65.6 Å². The third-order valence-corrected chi connectivity index (χ3v) is 5.02. The van der Waals surface area contributed by atoms with Crippen molar-refractivity contribution in [3.63, 3.8) is 0 Å². The van der Waals surface area contributed by atoms with Crippen LogP contribution in [0.4, 0.5) is 0 Å². The first kappa shape index (κ1) is 19.4. The highest BCUT2D eigenvalue weighted by molar-refractivity contribution is 6.15. The minimum atomic E-state index is -0.997. The quantitative estimate of drug-likeness (QED) is 0.538. The smallest absolute Gasteiger partial charge is 0.268 e. The summed E-state index contributed by atoms with van der Waals surface area (Å²) in [4.78, 5) is 24.5. The van der Waals surface area contributed by atoms with Gasteiger partial charge in [0.2, 0.25) is 5.91 Å². The standard InChI is InChI=1S/C21H24N4O3/c1-24-18(19(26)25-21(20(23)27)10-5-11-21)16-12-15(8-9-17(16)22)28-13-14-6-3-2-4-7-14/h2-4,6-9,12,22,24H,5,10-11,13H2,1H3,(H2,23,27)(H,25,26)/b18-16-,22-17?. The fourth-order valence-corrected chi connectivity index (χ4v) is 3.17. The number of nitrogens with one attached hydrogen (secondary N) is 3.